The van der Waals surface area contributed by atoms with Crippen LogP contribution in [0.25, 0.3) is 5.57 Å². The van der Waals surface area contributed by atoms with E-state index in [9.17, 15) is 4.39 Å². The number of halogens is 1. The van der Waals surface area contributed by atoms with Gasteiger partial charge in [0.25, 0.3) is 0 Å². The zero-order valence-corrected chi connectivity index (χ0v) is 6.73. The third kappa shape index (κ3) is 0.843. The summed E-state index contributed by atoms with van der Waals surface area (Å²) in [7, 11) is 0. The first-order valence-electron chi connectivity index (χ1n) is 3.95. The molecule has 0 heterocycles. The van der Waals surface area contributed by atoms with Crippen LogP contribution >= 0.6 is 0 Å². The average Bonchev–Trinajstić information content (AvgIpc) is 2.42. The summed E-state index contributed by atoms with van der Waals surface area (Å²) in [4.78, 5) is 0. The highest BCUT2D eigenvalue weighted by molar-refractivity contribution is 5.75. The number of fused-ring (bicyclic) bond motifs is 1. The van der Waals surface area contributed by atoms with Crippen molar-refractivity contribution in [3.05, 3.63) is 35.7 Å². The summed E-state index contributed by atoms with van der Waals surface area (Å²) in [5.41, 5.74) is 8.83. The number of rotatable bonds is 0. The Morgan fingerprint density at radius 2 is 2.08 bits per heavy atom. The molecular formula is C10H10FN. The number of nitrogen functional groups attached to an aromatic ring is 1. The minimum atomic E-state index is -0.193. The van der Waals surface area contributed by atoms with E-state index in [1.165, 1.54) is 6.07 Å². The van der Waals surface area contributed by atoms with E-state index < -0.39 is 0 Å². The molecule has 0 spiro atoms. The Balaban J connectivity index is 2.72. The Morgan fingerprint density at radius 3 is 2.75 bits per heavy atom. The molecular weight excluding hydrogens is 153 g/mol. The van der Waals surface area contributed by atoms with Crippen LogP contribution < -0.4 is 5.73 Å². The average molecular weight is 163 g/mol. The Hall–Kier alpha value is -1.31. The third-order valence-corrected chi connectivity index (χ3v) is 2.33. The first-order valence-corrected chi connectivity index (χ1v) is 3.95. The summed E-state index contributed by atoms with van der Waals surface area (Å²) in [5.74, 6) is -0.193. The molecule has 62 valence electrons. The lowest BCUT2D eigenvalue weighted by atomic mass is 10.1. The second-order valence-corrected chi connectivity index (χ2v) is 3.09. The molecule has 0 aliphatic heterocycles. The van der Waals surface area contributed by atoms with Crippen LogP contribution in [0.4, 0.5) is 10.1 Å². The molecule has 0 aromatic heterocycles. The number of hydrogen-bond donors (Lipinski definition) is 1. The van der Waals surface area contributed by atoms with Crippen molar-refractivity contribution in [1.82, 2.24) is 0 Å². The van der Waals surface area contributed by atoms with Gasteiger partial charge in [0.05, 0.1) is 0 Å². The maximum Gasteiger partial charge on any atom is 0.131 e. The second kappa shape index (κ2) is 2.34. The summed E-state index contributed by atoms with van der Waals surface area (Å²) in [5, 5.41) is 0. The Morgan fingerprint density at radius 1 is 1.33 bits per heavy atom. The van der Waals surface area contributed by atoms with Gasteiger partial charge < -0.3 is 5.73 Å². The first kappa shape index (κ1) is 7.35. The fourth-order valence-corrected chi connectivity index (χ4v) is 1.69. The zero-order valence-electron chi connectivity index (χ0n) is 6.73. The van der Waals surface area contributed by atoms with Crippen LogP contribution in [0.1, 0.15) is 17.5 Å². The quantitative estimate of drug-likeness (QED) is 0.584. The monoisotopic (exact) mass is 163 g/mol. The lowest BCUT2D eigenvalue weighted by Gasteiger charge is -2.04. The molecule has 1 aliphatic rings. The number of benzene rings is 1. The largest absolute Gasteiger partial charge is 0.398 e. The molecule has 2 N–H and O–H groups in total. The van der Waals surface area contributed by atoms with Gasteiger partial charge in [-0.15, -0.1) is 0 Å². The van der Waals surface area contributed by atoms with Crippen LogP contribution in [0.2, 0.25) is 0 Å². The normalized spacial score (nSPS) is 14.9. The molecule has 0 radical (unpaired) electrons. The lowest BCUT2D eigenvalue weighted by molar-refractivity contribution is 0.624. The minimum absolute atomic E-state index is 0.193. The van der Waals surface area contributed by atoms with Crippen molar-refractivity contribution in [2.45, 2.75) is 12.8 Å². The second-order valence-electron chi connectivity index (χ2n) is 3.09. The van der Waals surface area contributed by atoms with Crippen LogP contribution in [-0.2, 0) is 6.42 Å². The number of nitrogens with two attached hydrogens (primary N) is 1. The van der Waals surface area contributed by atoms with Gasteiger partial charge in [0, 0.05) is 11.3 Å². The van der Waals surface area contributed by atoms with Crippen LogP contribution in [0.3, 0.4) is 0 Å². The van der Waals surface area contributed by atoms with Crippen LogP contribution in [0.15, 0.2) is 18.7 Å². The standard InChI is InChI=1S/C10H10FN/c1-6-2-3-7-9(12)5-4-8(11)10(6)7/h4-5H,1-3,12H2. The molecule has 1 aliphatic carbocycles. The predicted octanol–water partition coefficient (Wildman–Crippen LogP) is 2.37. The number of allylic oxidation sites excluding steroid dienone is 1. The highest BCUT2D eigenvalue weighted by atomic mass is 19.1. The van der Waals surface area contributed by atoms with Crippen LogP contribution in [0.5, 0.6) is 0 Å². The van der Waals surface area contributed by atoms with Crippen molar-refractivity contribution in [2.75, 3.05) is 5.73 Å². The zero-order chi connectivity index (χ0) is 8.72. The fraction of sp³-hybridized carbons (Fsp3) is 0.200. The lowest BCUT2D eigenvalue weighted by Crippen LogP contribution is -1.95. The summed E-state index contributed by atoms with van der Waals surface area (Å²) < 4.78 is 13.2. The Kier molecular flexibility index (Phi) is 1.43. The Bertz CT molecular complexity index is 355. The summed E-state index contributed by atoms with van der Waals surface area (Å²) in [6.45, 7) is 3.80. The molecule has 0 saturated carbocycles. The van der Waals surface area contributed by atoms with Gasteiger partial charge in [-0.05, 0) is 36.1 Å². The highest BCUT2D eigenvalue weighted by Gasteiger charge is 2.20. The molecule has 1 aromatic carbocycles. The highest BCUT2D eigenvalue weighted by Crippen LogP contribution is 2.35. The van der Waals surface area contributed by atoms with E-state index >= 15 is 0 Å². The van der Waals surface area contributed by atoms with Crippen molar-refractivity contribution in [1.29, 1.82) is 0 Å². The van der Waals surface area contributed by atoms with E-state index in [0.29, 0.717) is 11.3 Å². The van der Waals surface area contributed by atoms with E-state index in [1.807, 2.05) is 0 Å². The third-order valence-electron chi connectivity index (χ3n) is 2.33. The van der Waals surface area contributed by atoms with E-state index in [4.69, 9.17) is 5.73 Å². The smallest absolute Gasteiger partial charge is 0.131 e. The topological polar surface area (TPSA) is 26.0 Å². The minimum Gasteiger partial charge on any atom is -0.398 e. The molecule has 2 rings (SSSR count). The SMILES string of the molecule is C=C1CCc2c(N)ccc(F)c21. The molecule has 1 aromatic rings. The number of anilines is 1. The molecule has 0 amide bonds. The van der Waals surface area contributed by atoms with Crippen molar-refractivity contribution < 1.29 is 4.39 Å². The summed E-state index contributed by atoms with van der Waals surface area (Å²) in [6, 6.07) is 3.03. The molecule has 0 unspecified atom stereocenters. The molecule has 0 fully saturated rings. The van der Waals surface area contributed by atoms with Crippen molar-refractivity contribution in [2.24, 2.45) is 0 Å². The van der Waals surface area contributed by atoms with Crippen molar-refractivity contribution in [3.8, 4) is 0 Å². The van der Waals surface area contributed by atoms with Gasteiger partial charge in [-0.25, -0.2) is 4.39 Å². The fourth-order valence-electron chi connectivity index (χ4n) is 1.69. The van der Waals surface area contributed by atoms with Gasteiger partial charge in [-0.2, -0.15) is 0 Å². The van der Waals surface area contributed by atoms with E-state index in [1.54, 1.807) is 6.07 Å². The maximum absolute atomic E-state index is 13.2. The molecule has 0 atom stereocenters. The van der Waals surface area contributed by atoms with Crippen LogP contribution in [0, 0.1) is 5.82 Å². The summed E-state index contributed by atoms with van der Waals surface area (Å²) in [6.07, 6.45) is 1.66. The van der Waals surface area contributed by atoms with Gasteiger partial charge in [-0.1, -0.05) is 6.58 Å². The van der Waals surface area contributed by atoms with Gasteiger partial charge >= 0.3 is 0 Å². The molecule has 1 nitrogen and oxygen atoms in total. The van der Waals surface area contributed by atoms with E-state index in [-0.39, 0.29) is 5.82 Å². The Labute approximate surface area is 70.7 Å². The van der Waals surface area contributed by atoms with Gasteiger partial charge in [0.15, 0.2) is 0 Å². The maximum atomic E-state index is 13.2. The molecule has 12 heavy (non-hydrogen) atoms. The van der Waals surface area contributed by atoms with Crippen LogP contribution in [-0.4, -0.2) is 0 Å². The van der Waals surface area contributed by atoms with Gasteiger partial charge in [0.2, 0.25) is 0 Å². The van der Waals surface area contributed by atoms with E-state index in [0.717, 1.165) is 24.0 Å². The molecule has 0 saturated heterocycles. The van der Waals surface area contributed by atoms with Crippen molar-refractivity contribution >= 4 is 11.3 Å². The molecule has 0 bridgehead atoms. The van der Waals surface area contributed by atoms with Crippen molar-refractivity contribution in [3.63, 3.8) is 0 Å². The van der Waals surface area contributed by atoms with Gasteiger partial charge in [-0.3, -0.25) is 0 Å². The molecule has 2 heteroatoms. The van der Waals surface area contributed by atoms with Gasteiger partial charge in [0.1, 0.15) is 5.82 Å². The predicted molar refractivity (Wildman–Crippen MR) is 48.2 cm³/mol. The number of hydrogen-bond acceptors (Lipinski definition) is 1. The summed E-state index contributed by atoms with van der Waals surface area (Å²) >= 11 is 0. The van der Waals surface area contributed by atoms with E-state index in [2.05, 4.69) is 6.58 Å². The first-order chi connectivity index (χ1) is 5.70.